The maximum Gasteiger partial charge on any atom is 0.221 e. The van der Waals surface area contributed by atoms with E-state index in [9.17, 15) is 4.79 Å². The Morgan fingerprint density at radius 3 is 2.28 bits per heavy atom. The first-order valence-electron chi connectivity index (χ1n) is 6.57. The Kier molecular flexibility index (Phi) is 5.86. The molecule has 3 heteroatoms. The predicted molar refractivity (Wildman–Crippen MR) is 76.5 cm³/mol. The number of nitrogens with one attached hydrogen (secondary N) is 2. The van der Waals surface area contributed by atoms with Gasteiger partial charge in [-0.05, 0) is 37.0 Å². The number of carbonyl (C=O) groups is 1. The van der Waals surface area contributed by atoms with E-state index in [1.165, 1.54) is 18.9 Å². The van der Waals surface area contributed by atoms with Gasteiger partial charge in [-0.2, -0.15) is 0 Å². The van der Waals surface area contributed by atoms with Gasteiger partial charge < -0.3 is 10.6 Å². The molecule has 0 heterocycles. The molecule has 1 amide bonds. The summed E-state index contributed by atoms with van der Waals surface area (Å²) in [7, 11) is 0. The molecule has 1 aromatic carbocycles. The van der Waals surface area contributed by atoms with E-state index in [0.29, 0.717) is 6.04 Å². The molecule has 0 bridgehead atoms. The Balaban J connectivity index is 2.41. The minimum absolute atomic E-state index is 0.0357. The molecule has 1 rings (SSSR count). The number of carbonyl (C=O) groups excluding carboxylic acids is 1. The third kappa shape index (κ3) is 5.82. The molecule has 1 atom stereocenters. The van der Waals surface area contributed by atoms with Crippen LogP contribution in [-0.2, 0) is 11.3 Å². The fourth-order valence-corrected chi connectivity index (χ4v) is 1.99. The van der Waals surface area contributed by atoms with Crippen molar-refractivity contribution in [3.8, 4) is 0 Å². The van der Waals surface area contributed by atoms with Gasteiger partial charge in [-0.25, -0.2) is 0 Å². The van der Waals surface area contributed by atoms with Crippen LogP contribution in [0.15, 0.2) is 24.3 Å². The van der Waals surface area contributed by atoms with E-state index in [1.807, 2.05) is 24.3 Å². The molecule has 0 saturated heterocycles. The summed E-state index contributed by atoms with van der Waals surface area (Å²) in [6, 6.07) is 8.48. The number of rotatable bonds is 6. The van der Waals surface area contributed by atoms with E-state index in [2.05, 4.69) is 31.4 Å². The fraction of sp³-hybridized carbons (Fsp3) is 0.533. The van der Waals surface area contributed by atoms with Crippen LogP contribution < -0.4 is 10.6 Å². The van der Waals surface area contributed by atoms with Crippen LogP contribution in [0, 0.1) is 5.92 Å². The van der Waals surface area contributed by atoms with Crippen molar-refractivity contribution < 1.29 is 4.79 Å². The molecule has 0 radical (unpaired) electrons. The Morgan fingerprint density at radius 1 is 1.17 bits per heavy atom. The van der Waals surface area contributed by atoms with Crippen molar-refractivity contribution in [3.63, 3.8) is 0 Å². The molecule has 0 aliphatic carbocycles. The molecular formula is C15H24N2O. The maximum atomic E-state index is 10.9. The van der Waals surface area contributed by atoms with Gasteiger partial charge in [0.2, 0.25) is 5.91 Å². The summed E-state index contributed by atoms with van der Waals surface area (Å²) in [6.45, 7) is 9.07. The summed E-state index contributed by atoms with van der Waals surface area (Å²) in [5.41, 5.74) is 2.08. The zero-order valence-corrected chi connectivity index (χ0v) is 11.8. The van der Waals surface area contributed by atoms with Gasteiger partial charge in [0.15, 0.2) is 0 Å². The smallest absolute Gasteiger partial charge is 0.221 e. The van der Waals surface area contributed by atoms with Gasteiger partial charge in [-0.1, -0.05) is 26.0 Å². The highest BCUT2D eigenvalue weighted by molar-refractivity contribution is 5.88. The van der Waals surface area contributed by atoms with Gasteiger partial charge in [0.05, 0.1) is 0 Å². The van der Waals surface area contributed by atoms with E-state index in [1.54, 1.807) is 0 Å². The van der Waals surface area contributed by atoms with Crippen LogP contribution >= 0.6 is 0 Å². The molecule has 100 valence electrons. The lowest BCUT2D eigenvalue weighted by molar-refractivity contribution is -0.114. The number of benzene rings is 1. The highest BCUT2D eigenvalue weighted by Crippen LogP contribution is 2.10. The summed E-state index contributed by atoms with van der Waals surface area (Å²) < 4.78 is 0. The lowest BCUT2D eigenvalue weighted by Crippen LogP contribution is -2.26. The van der Waals surface area contributed by atoms with Crippen LogP contribution in [0.1, 0.15) is 39.7 Å². The lowest BCUT2D eigenvalue weighted by atomic mass is 10.1. The second-order valence-electron chi connectivity index (χ2n) is 5.29. The van der Waals surface area contributed by atoms with Gasteiger partial charge in [-0.15, -0.1) is 0 Å². The van der Waals surface area contributed by atoms with E-state index < -0.39 is 0 Å². The second kappa shape index (κ2) is 7.17. The van der Waals surface area contributed by atoms with Crippen LogP contribution in [0.25, 0.3) is 0 Å². The Hall–Kier alpha value is -1.35. The van der Waals surface area contributed by atoms with E-state index in [0.717, 1.165) is 18.2 Å². The maximum absolute atomic E-state index is 10.9. The highest BCUT2D eigenvalue weighted by atomic mass is 16.1. The third-order valence-electron chi connectivity index (χ3n) is 2.75. The summed E-state index contributed by atoms with van der Waals surface area (Å²) >= 11 is 0. The minimum Gasteiger partial charge on any atom is -0.326 e. The van der Waals surface area contributed by atoms with Gasteiger partial charge in [-0.3, -0.25) is 4.79 Å². The normalized spacial score (nSPS) is 12.5. The molecule has 1 unspecified atom stereocenters. The van der Waals surface area contributed by atoms with Crippen molar-refractivity contribution in [1.82, 2.24) is 5.32 Å². The first-order chi connectivity index (χ1) is 8.47. The molecule has 0 aliphatic heterocycles. The molecule has 1 aromatic rings. The zero-order valence-electron chi connectivity index (χ0n) is 11.8. The third-order valence-corrected chi connectivity index (χ3v) is 2.75. The molecule has 18 heavy (non-hydrogen) atoms. The van der Waals surface area contributed by atoms with Crippen molar-refractivity contribution in [2.75, 3.05) is 5.32 Å². The molecule has 2 N–H and O–H groups in total. The van der Waals surface area contributed by atoms with Crippen molar-refractivity contribution in [1.29, 1.82) is 0 Å². The van der Waals surface area contributed by atoms with Crippen molar-refractivity contribution in [2.24, 2.45) is 5.92 Å². The molecule has 0 fully saturated rings. The number of anilines is 1. The first kappa shape index (κ1) is 14.7. The van der Waals surface area contributed by atoms with Crippen LogP contribution in [0.5, 0.6) is 0 Å². The van der Waals surface area contributed by atoms with Crippen LogP contribution in [0.4, 0.5) is 5.69 Å². The zero-order chi connectivity index (χ0) is 13.5. The average Bonchev–Trinajstić information content (AvgIpc) is 2.26. The number of hydrogen-bond acceptors (Lipinski definition) is 2. The number of hydrogen-bond donors (Lipinski definition) is 2. The minimum atomic E-state index is -0.0357. The van der Waals surface area contributed by atoms with Gasteiger partial charge in [0.25, 0.3) is 0 Å². The monoisotopic (exact) mass is 248 g/mol. The molecule has 3 nitrogen and oxygen atoms in total. The van der Waals surface area contributed by atoms with E-state index >= 15 is 0 Å². The topological polar surface area (TPSA) is 41.1 Å². The van der Waals surface area contributed by atoms with Crippen molar-refractivity contribution >= 4 is 11.6 Å². The Bertz CT molecular complexity index is 371. The highest BCUT2D eigenvalue weighted by Gasteiger charge is 2.04. The standard InChI is InChI=1S/C15H24N2O/c1-11(2)9-12(3)16-10-14-5-7-15(8-6-14)17-13(4)18/h5-8,11-12,16H,9-10H2,1-4H3,(H,17,18). The first-order valence-corrected chi connectivity index (χ1v) is 6.57. The quantitative estimate of drug-likeness (QED) is 0.812. The lowest BCUT2D eigenvalue weighted by Gasteiger charge is -2.16. The van der Waals surface area contributed by atoms with Gasteiger partial charge in [0.1, 0.15) is 0 Å². The molecule has 0 spiro atoms. The average molecular weight is 248 g/mol. The van der Waals surface area contributed by atoms with Crippen LogP contribution in [0.3, 0.4) is 0 Å². The molecular weight excluding hydrogens is 224 g/mol. The largest absolute Gasteiger partial charge is 0.326 e. The Labute approximate surface area is 110 Å². The van der Waals surface area contributed by atoms with E-state index in [-0.39, 0.29) is 5.91 Å². The summed E-state index contributed by atoms with van der Waals surface area (Å²) in [5.74, 6) is 0.682. The number of amides is 1. The summed E-state index contributed by atoms with van der Waals surface area (Å²) in [5, 5.41) is 6.27. The Morgan fingerprint density at radius 2 is 1.78 bits per heavy atom. The molecule has 0 saturated carbocycles. The fourth-order valence-electron chi connectivity index (χ4n) is 1.99. The van der Waals surface area contributed by atoms with Crippen LogP contribution in [0.2, 0.25) is 0 Å². The van der Waals surface area contributed by atoms with Crippen molar-refractivity contribution in [3.05, 3.63) is 29.8 Å². The van der Waals surface area contributed by atoms with Gasteiger partial charge in [0, 0.05) is 25.2 Å². The molecule has 0 aromatic heterocycles. The summed E-state index contributed by atoms with van der Waals surface area (Å²) in [6.07, 6.45) is 1.18. The summed E-state index contributed by atoms with van der Waals surface area (Å²) in [4.78, 5) is 10.9. The van der Waals surface area contributed by atoms with Gasteiger partial charge >= 0.3 is 0 Å². The second-order valence-corrected chi connectivity index (χ2v) is 5.29. The van der Waals surface area contributed by atoms with Crippen LogP contribution in [-0.4, -0.2) is 11.9 Å². The SMILES string of the molecule is CC(=O)Nc1ccc(CNC(C)CC(C)C)cc1. The van der Waals surface area contributed by atoms with E-state index in [4.69, 9.17) is 0 Å². The molecule has 0 aliphatic rings. The predicted octanol–water partition coefficient (Wildman–Crippen LogP) is 3.17. The van der Waals surface area contributed by atoms with Crippen molar-refractivity contribution in [2.45, 2.75) is 46.7 Å².